The van der Waals surface area contributed by atoms with E-state index < -0.39 is 16.1 Å². The largest absolute Gasteiger partial charge is 0.507 e. The van der Waals surface area contributed by atoms with E-state index in [0.29, 0.717) is 5.75 Å². The van der Waals surface area contributed by atoms with Gasteiger partial charge >= 0.3 is 0 Å². The molecular weight excluding hydrogens is 565 g/mol. The Morgan fingerprint density at radius 2 is 1.40 bits per heavy atom. The second kappa shape index (κ2) is 10.6. The van der Waals surface area contributed by atoms with Gasteiger partial charge in [-0.25, -0.2) is 4.98 Å². The summed E-state index contributed by atoms with van der Waals surface area (Å²) < 4.78 is 1.17. The summed E-state index contributed by atoms with van der Waals surface area (Å²) in [5.74, 6) is 0.317. The molecule has 6 heteroatoms. The Balaban J connectivity index is 1.81. The molecule has 3 aromatic carbocycles. The highest BCUT2D eigenvalue weighted by Crippen LogP contribution is 2.41. The van der Waals surface area contributed by atoms with Crippen LogP contribution < -0.4 is 10.4 Å². The Hall–Kier alpha value is -3.07. The Bertz CT molecular complexity index is 1820. The number of phenols is 1. The third-order valence-corrected chi connectivity index (χ3v) is 13.2. The molecule has 2 heterocycles. The van der Waals surface area contributed by atoms with Gasteiger partial charge in [0.05, 0.1) is 37.6 Å². The zero-order valence-corrected chi connectivity index (χ0v) is 29.8. The molecule has 3 nitrogen and oxygen atoms in total. The quantitative estimate of drug-likeness (QED) is 0.202. The first-order chi connectivity index (χ1) is 19.4. The van der Waals surface area contributed by atoms with Crippen molar-refractivity contribution in [2.45, 2.75) is 79.3 Å². The minimum absolute atomic E-state index is 0.0330. The van der Waals surface area contributed by atoms with E-state index in [2.05, 4.69) is 116 Å². The number of phenolic OH excluding ortho intramolecular Hbond substituents is 1. The van der Waals surface area contributed by atoms with Crippen LogP contribution in [0.25, 0.3) is 43.2 Å². The zero-order valence-electron chi connectivity index (χ0n) is 27.0. The fourth-order valence-corrected chi connectivity index (χ4v) is 8.79. The summed E-state index contributed by atoms with van der Waals surface area (Å²) in [5, 5.41) is 14.7. The summed E-state index contributed by atoms with van der Waals surface area (Å²) in [6, 6.07) is 20.3. The van der Waals surface area contributed by atoms with Crippen LogP contribution in [-0.4, -0.2) is 31.2 Å². The van der Waals surface area contributed by atoms with Crippen LogP contribution in [-0.2, 0) is 5.41 Å². The molecule has 0 spiro atoms. The van der Waals surface area contributed by atoms with E-state index >= 15 is 0 Å². The van der Waals surface area contributed by atoms with Crippen LogP contribution in [0.2, 0.25) is 39.3 Å². The maximum absolute atomic E-state index is 11.0. The van der Waals surface area contributed by atoms with Crippen molar-refractivity contribution >= 4 is 48.1 Å². The maximum Gasteiger partial charge on any atom is 0.128 e. The lowest BCUT2D eigenvalue weighted by atomic mass is 9.83. The lowest BCUT2D eigenvalue weighted by Gasteiger charge is -2.23. The predicted molar refractivity (Wildman–Crippen MR) is 190 cm³/mol. The number of aromatic nitrogens is 2. The van der Waals surface area contributed by atoms with Crippen LogP contribution in [0.4, 0.5) is 0 Å². The minimum Gasteiger partial charge on any atom is -0.507 e. The highest BCUT2D eigenvalue weighted by atomic mass is 32.1. The molecule has 2 aromatic heterocycles. The molecule has 0 aliphatic heterocycles. The standard InChI is InChI=1S/C36H44N2OSSi2/c1-22-14-23(2)34(39)30(15-22)35-38-33-29(19-28(42(9,10)11)21-32(33)40-35)24-16-25(18-26(17-24)36(3,4)5)31-20-27(12-13-37-31)41(6,7)8/h12-21,39H,1-11H3. The van der Waals surface area contributed by atoms with E-state index in [4.69, 9.17) is 9.97 Å². The summed E-state index contributed by atoms with van der Waals surface area (Å²) in [6.45, 7) is 25.2. The average molecular weight is 609 g/mol. The van der Waals surface area contributed by atoms with Gasteiger partial charge < -0.3 is 5.11 Å². The Morgan fingerprint density at radius 3 is 2.05 bits per heavy atom. The third-order valence-electron chi connectivity index (χ3n) is 8.07. The monoisotopic (exact) mass is 608 g/mol. The number of fused-ring (bicyclic) bond motifs is 1. The van der Waals surface area contributed by atoms with Crippen molar-refractivity contribution in [2.75, 3.05) is 0 Å². The summed E-state index contributed by atoms with van der Waals surface area (Å²) in [7, 11) is -3.14. The topological polar surface area (TPSA) is 46.0 Å². The highest BCUT2D eigenvalue weighted by molar-refractivity contribution is 7.22. The van der Waals surface area contributed by atoms with Gasteiger partial charge in [-0.3, -0.25) is 4.98 Å². The molecule has 42 heavy (non-hydrogen) atoms. The third kappa shape index (κ3) is 6.03. The Kier molecular flexibility index (Phi) is 7.66. The molecule has 0 aliphatic carbocycles. The number of benzene rings is 3. The van der Waals surface area contributed by atoms with Gasteiger partial charge in [-0.1, -0.05) is 88.6 Å². The van der Waals surface area contributed by atoms with Gasteiger partial charge in [0.25, 0.3) is 0 Å². The number of hydrogen-bond donors (Lipinski definition) is 1. The van der Waals surface area contributed by atoms with Crippen LogP contribution in [0, 0.1) is 13.8 Å². The first-order valence-corrected chi connectivity index (χ1v) is 22.6. The fraction of sp³-hybridized carbons (Fsp3) is 0.333. The SMILES string of the molecule is Cc1cc(C)c(O)c(-c2nc3c(-c4cc(-c5cc([Si](C)(C)C)ccn5)cc(C(C)(C)C)c4)cc([Si](C)(C)C)cc3s2)c1. The van der Waals surface area contributed by atoms with Crippen molar-refractivity contribution in [2.24, 2.45) is 0 Å². The smallest absolute Gasteiger partial charge is 0.128 e. The summed E-state index contributed by atoms with van der Waals surface area (Å²) in [5.41, 5.74) is 9.56. The van der Waals surface area contributed by atoms with E-state index in [1.54, 1.807) is 11.3 Å². The normalized spacial score (nSPS) is 12.7. The second-order valence-electron chi connectivity index (χ2n) is 14.8. The van der Waals surface area contributed by atoms with Crippen LogP contribution in [0.15, 0.2) is 60.8 Å². The summed E-state index contributed by atoms with van der Waals surface area (Å²) in [6.07, 6.45) is 1.97. The van der Waals surface area contributed by atoms with Crippen LogP contribution in [0.5, 0.6) is 5.75 Å². The van der Waals surface area contributed by atoms with Gasteiger partial charge in [0.1, 0.15) is 10.8 Å². The Morgan fingerprint density at radius 1 is 0.738 bits per heavy atom. The molecule has 0 atom stereocenters. The number of rotatable bonds is 5. The zero-order chi connectivity index (χ0) is 30.8. The minimum atomic E-state index is -1.65. The van der Waals surface area contributed by atoms with Gasteiger partial charge in [0.2, 0.25) is 0 Å². The molecular formula is C36H44N2OSSi2. The molecule has 0 saturated carbocycles. The average Bonchev–Trinajstić information content (AvgIpc) is 3.32. The van der Waals surface area contributed by atoms with Crippen LogP contribution >= 0.6 is 11.3 Å². The van der Waals surface area contributed by atoms with E-state index in [9.17, 15) is 5.11 Å². The number of nitrogens with zero attached hydrogens (tertiary/aromatic N) is 2. The fourth-order valence-electron chi connectivity index (χ4n) is 5.34. The molecule has 0 aliphatic rings. The van der Waals surface area contributed by atoms with Crippen molar-refractivity contribution in [1.82, 2.24) is 9.97 Å². The van der Waals surface area contributed by atoms with E-state index in [1.165, 1.54) is 26.2 Å². The predicted octanol–water partition coefficient (Wildman–Crippen LogP) is 9.40. The van der Waals surface area contributed by atoms with Gasteiger partial charge in [-0.15, -0.1) is 11.3 Å². The van der Waals surface area contributed by atoms with Crippen molar-refractivity contribution < 1.29 is 5.11 Å². The lowest BCUT2D eigenvalue weighted by molar-refractivity contribution is 0.473. The number of pyridine rings is 1. The molecule has 0 saturated heterocycles. The molecule has 0 radical (unpaired) electrons. The first-order valence-electron chi connectivity index (χ1n) is 14.8. The number of hydrogen-bond acceptors (Lipinski definition) is 4. The van der Waals surface area contributed by atoms with Gasteiger partial charge in [0.15, 0.2) is 0 Å². The van der Waals surface area contributed by atoms with Crippen molar-refractivity contribution in [3.05, 3.63) is 77.5 Å². The molecule has 5 rings (SSSR count). The van der Waals surface area contributed by atoms with Crippen molar-refractivity contribution in [3.63, 3.8) is 0 Å². The lowest BCUT2D eigenvalue weighted by Crippen LogP contribution is -2.37. The Labute approximate surface area is 257 Å². The molecule has 0 unspecified atom stereocenters. The molecule has 0 bridgehead atoms. The first kappa shape index (κ1) is 30.4. The maximum atomic E-state index is 11.0. The van der Waals surface area contributed by atoms with Gasteiger partial charge in [-0.05, 0) is 77.9 Å². The number of aryl methyl sites for hydroxylation is 2. The van der Waals surface area contributed by atoms with Gasteiger partial charge in [0, 0.05) is 17.3 Å². The highest BCUT2D eigenvalue weighted by Gasteiger charge is 2.24. The summed E-state index contributed by atoms with van der Waals surface area (Å²) >= 11 is 1.68. The van der Waals surface area contributed by atoms with Crippen molar-refractivity contribution in [1.29, 1.82) is 0 Å². The molecule has 218 valence electrons. The van der Waals surface area contributed by atoms with E-state index in [0.717, 1.165) is 44.0 Å². The van der Waals surface area contributed by atoms with E-state index in [-0.39, 0.29) is 5.41 Å². The van der Waals surface area contributed by atoms with Crippen LogP contribution in [0.3, 0.4) is 0 Å². The molecule has 1 N–H and O–H groups in total. The second-order valence-corrected chi connectivity index (χ2v) is 26.0. The molecule has 0 amide bonds. The van der Waals surface area contributed by atoms with E-state index in [1.807, 2.05) is 19.2 Å². The molecule has 0 fully saturated rings. The van der Waals surface area contributed by atoms with Crippen molar-refractivity contribution in [3.8, 4) is 38.7 Å². The number of thiazole rings is 1. The number of aromatic hydroxyl groups is 1. The van der Waals surface area contributed by atoms with Crippen LogP contribution in [0.1, 0.15) is 37.5 Å². The van der Waals surface area contributed by atoms with Gasteiger partial charge in [-0.2, -0.15) is 0 Å². The summed E-state index contributed by atoms with van der Waals surface area (Å²) in [4.78, 5) is 10.1. The molecule has 5 aromatic rings.